The number of ether oxygens (including phenoxy) is 1. The van der Waals surface area contributed by atoms with Crippen molar-refractivity contribution in [3.63, 3.8) is 0 Å². The first-order valence-corrected chi connectivity index (χ1v) is 7.29. The Kier molecular flexibility index (Phi) is 5.17. The third kappa shape index (κ3) is 3.26. The zero-order valence-electron chi connectivity index (χ0n) is 11.7. The SMILES string of the molecule is C=CCCCC(N)C1(c2ccccc2)CCOCC1. The second-order valence-electron chi connectivity index (χ2n) is 5.46. The molecule has 1 atom stereocenters. The number of nitrogens with two attached hydrogens (primary N) is 1. The van der Waals surface area contributed by atoms with Crippen LogP contribution in [0.3, 0.4) is 0 Å². The summed E-state index contributed by atoms with van der Waals surface area (Å²) in [4.78, 5) is 0. The van der Waals surface area contributed by atoms with Gasteiger partial charge in [-0.2, -0.15) is 0 Å². The zero-order chi connectivity index (χ0) is 13.6. The van der Waals surface area contributed by atoms with E-state index in [0.717, 1.165) is 45.3 Å². The van der Waals surface area contributed by atoms with Crippen molar-refractivity contribution in [3.05, 3.63) is 48.6 Å². The molecule has 0 saturated carbocycles. The second kappa shape index (κ2) is 6.88. The lowest BCUT2D eigenvalue weighted by Gasteiger charge is -2.42. The Morgan fingerprint density at radius 3 is 2.58 bits per heavy atom. The van der Waals surface area contributed by atoms with Gasteiger partial charge in [0.1, 0.15) is 0 Å². The molecule has 2 heteroatoms. The number of hydrogen-bond donors (Lipinski definition) is 1. The Morgan fingerprint density at radius 1 is 1.26 bits per heavy atom. The van der Waals surface area contributed by atoms with Crippen molar-refractivity contribution < 1.29 is 4.74 Å². The lowest BCUT2D eigenvalue weighted by Crippen LogP contribution is -2.49. The molecule has 1 fully saturated rings. The molecular formula is C17H25NO. The molecule has 1 aromatic carbocycles. The molecule has 0 amide bonds. The molecule has 0 aromatic heterocycles. The summed E-state index contributed by atoms with van der Waals surface area (Å²) in [7, 11) is 0. The van der Waals surface area contributed by atoms with E-state index in [9.17, 15) is 0 Å². The second-order valence-corrected chi connectivity index (χ2v) is 5.46. The van der Waals surface area contributed by atoms with Crippen LogP contribution in [0, 0.1) is 0 Å². The maximum atomic E-state index is 6.57. The molecule has 1 aromatic rings. The van der Waals surface area contributed by atoms with Crippen molar-refractivity contribution in [3.8, 4) is 0 Å². The van der Waals surface area contributed by atoms with Crippen molar-refractivity contribution >= 4 is 0 Å². The fourth-order valence-corrected chi connectivity index (χ4v) is 3.14. The van der Waals surface area contributed by atoms with Gasteiger partial charge < -0.3 is 10.5 Å². The molecule has 19 heavy (non-hydrogen) atoms. The number of allylic oxidation sites excluding steroid dienone is 1. The Labute approximate surface area is 116 Å². The largest absolute Gasteiger partial charge is 0.381 e. The van der Waals surface area contributed by atoms with Gasteiger partial charge in [0.25, 0.3) is 0 Å². The molecule has 0 bridgehead atoms. The summed E-state index contributed by atoms with van der Waals surface area (Å²) in [6, 6.07) is 10.9. The highest BCUT2D eigenvalue weighted by Gasteiger charge is 2.39. The number of rotatable bonds is 6. The quantitative estimate of drug-likeness (QED) is 0.627. The van der Waals surface area contributed by atoms with Crippen LogP contribution < -0.4 is 5.73 Å². The molecule has 2 rings (SSSR count). The minimum absolute atomic E-state index is 0.0979. The molecule has 2 nitrogen and oxygen atoms in total. The molecule has 0 spiro atoms. The van der Waals surface area contributed by atoms with Crippen LogP contribution in [0.2, 0.25) is 0 Å². The van der Waals surface area contributed by atoms with Crippen molar-refractivity contribution in [1.82, 2.24) is 0 Å². The monoisotopic (exact) mass is 259 g/mol. The fourth-order valence-electron chi connectivity index (χ4n) is 3.14. The highest BCUT2D eigenvalue weighted by atomic mass is 16.5. The topological polar surface area (TPSA) is 35.2 Å². The molecule has 1 aliphatic heterocycles. The standard InChI is InChI=1S/C17H25NO/c1-2-3-5-10-16(18)17(11-13-19-14-12-17)15-8-6-4-7-9-15/h2,4,6-9,16H,1,3,5,10-14,18H2. The van der Waals surface area contributed by atoms with Gasteiger partial charge in [0.15, 0.2) is 0 Å². The van der Waals surface area contributed by atoms with Gasteiger partial charge in [-0.1, -0.05) is 36.4 Å². The van der Waals surface area contributed by atoms with Gasteiger partial charge in [-0.05, 0) is 37.7 Å². The molecule has 1 unspecified atom stereocenters. The van der Waals surface area contributed by atoms with Gasteiger partial charge in [-0.25, -0.2) is 0 Å². The van der Waals surface area contributed by atoms with Crippen LogP contribution in [0.15, 0.2) is 43.0 Å². The lowest BCUT2D eigenvalue weighted by molar-refractivity contribution is 0.0386. The third-order valence-electron chi connectivity index (χ3n) is 4.37. The van der Waals surface area contributed by atoms with Crippen molar-refractivity contribution in [1.29, 1.82) is 0 Å². The van der Waals surface area contributed by atoms with Gasteiger partial charge in [0.2, 0.25) is 0 Å². The summed E-state index contributed by atoms with van der Waals surface area (Å²) in [5.41, 5.74) is 8.04. The van der Waals surface area contributed by atoms with Gasteiger partial charge in [0, 0.05) is 24.7 Å². The normalized spacial score (nSPS) is 19.8. The van der Waals surface area contributed by atoms with E-state index in [1.807, 2.05) is 6.08 Å². The van der Waals surface area contributed by atoms with Crippen LogP contribution >= 0.6 is 0 Å². The summed E-state index contributed by atoms with van der Waals surface area (Å²) in [5.74, 6) is 0. The van der Waals surface area contributed by atoms with Crippen LogP contribution in [-0.2, 0) is 10.2 Å². The molecule has 0 radical (unpaired) electrons. The number of benzene rings is 1. The lowest BCUT2D eigenvalue weighted by atomic mass is 9.68. The van der Waals surface area contributed by atoms with Crippen molar-refractivity contribution in [2.75, 3.05) is 13.2 Å². The molecule has 1 heterocycles. The van der Waals surface area contributed by atoms with E-state index in [1.165, 1.54) is 5.56 Å². The molecule has 104 valence electrons. The first kappa shape index (κ1) is 14.3. The summed E-state index contributed by atoms with van der Waals surface area (Å²) < 4.78 is 5.55. The zero-order valence-corrected chi connectivity index (χ0v) is 11.7. The van der Waals surface area contributed by atoms with E-state index in [-0.39, 0.29) is 11.5 Å². The van der Waals surface area contributed by atoms with E-state index in [1.54, 1.807) is 0 Å². The Morgan fingerprint density at radius 2 is 1.95 bits per heavy atom. The van der Waals surface area contributed by atoms with Gasteiger partial charge >= 0.3 is 0 Å². The minimum Gasteiger partial charge on any atom is -0.381 e. The molecular weight excluding hydrogens is 234 g/mol. The van der Waals surface area contributed by atoms with Crippen LogP contribution in [0.1, 0.15) is 37.7 Å². The van der Waals surface area contributed by atoms with Crippen molar-refractivity contribution in [2.45, 2.75) is 43.6 Å². The summed E-state index contributed by atoms with van der Waals surface area (Å²) in [6.45, 7) is 5.43. The van der Waals surface area contributed by atoms with E-state index in [4.69, 9.17) is 10.5 Å². The van der Waals surface area contributed by atoms with E-state index in [0.29, 0.717) is 0 Å². The van der Waals surface area contributed by atoms with Crippen LogP contribution in [0.5, 0.6) is 0 Å². The van der Waals surface area contributed by atoms with E-state index >= 15 is 0 Å². The van der Waals surface area contributed by atoms with Crippen LogP contribution in [-0.4, -0.2) is 19.3 Å². The van der Waals surface area contributed by atoms with Crippen molar-refractivity contribution in [2.24, 2.45) is 5.73 Å². The highest BCUT2D eigenvalue weighted by molar-refractivity contribution is 5.28. The molecule has 1 aliphatic rings. The summed E-state index contributed by atoms with van der Waals surface area (Å²) >= 11 is 0. The first-order valence-electron chi connectivity index (χ1n) is 7.29. The summed E-state index contributed by atoms with van der Waals surface area (Å²) in [6.07, 6.45) is 7.28. The van der Waals surface area contributed by atoms with Crippen LogP contribution in [0.4, 0.5) is 0 Å². The maximum Gasteiger partial charge on any atom is 0.0475 e. The summed E-state index contributed by atoms with van der Waals surface area (Å²) in [5, 5.41) is 0. The van der Waals surface area contributed by atoms with Crippen LogP contribution in [0.25, 0.3) is 0 Å². The third-order valence-corrected chi connectivity index (χ3v) is 4.37. The van der Waals surface area contributed by atoms with Gasteiger partial charge in [-0.3, -0.25) is 0 Å². The molecule has 0 aliphatic carbocycles. The smallest absolute Gasteiger partial charge is 0.0475 e. The average molecular weight is 259 g/mol. The maximum absolute atomic E-state index is 6.57. The predicted molar refractivity (Wildman–Crippen MR) is 80.2 cm³/mol. The van der Waals surface area contributed by atoms with Gasteiger partial charge in [-0.15, -0.1) is 6.58 Å². The first-order chi connectivity index (χ1) is 9.29. The number of unbranched alkanes of at least 4 members (excludes halogenated alkanes) is 1. The van der Waals surface area contributed by atoms with Gasteiger partial charge in [0.05, 0.1) is 0 Å². The Balaban J connectivity index is 2.17. The predicted octanol–water partition coefficient (Wildman–Crippen LogP) is 3.42. The molecule has 1 saturated heterocycles. The Bertz CT molecular complexity index is 382. The average Bonchev–Trinajstić information content (AvgIpc) is 2.49. The minimum atomic E-state index is 0.0979. The number of hydrogen-bond acceptors (Lipinski definition) is 2. The Hall–Kier alpha value is -1.12. The van der Waals surface area contributed by atoms with E-state index in [2.05, 4.69) is 36.9 Å². The highest BCUT2D eigenvalue weighted by Crippen LogP contribution is 2.38. The van der Waals surface area contributed by atoms with E-state index < -0.39 is 0 Å². The molecule has 2 N–H and O–H groups in total. The fraction of sp³-hybridized carbons (Fsp3) is 0.529.